The third kappa shape index (κ3) is 5.27. The van der Waals surface area contributed by atoms with Gasteiger partial charge in [-0.2, -0.15) is 0 Å². The first-order valence-electron chi connectivity index (χ1n) is 10.3. The summed E-state index contributed by atoms with van der Waals surface area (Å²) in [6, 6.07) is 17.4. The van der Waals surface area contributed by atoms with Crippen molar-refractivity contribution < 1.29 is 19.1 Å². The zero-order valence-corrected chi connectivity index (χ0v) is 19.0. The fraction of sp³-hybridized carbons (Fsp3) is 0.231. The van der Waals surface area contributed by atoms with E-state index in [1.54, 1.807) is 7.11 Å². The molecule has 166 valence electrons. The zero-order valence-electron chi connectivity index (χ0n) is 19.0. The minimum atomic E-state index is -0.634. The first-order chi connectivity index (χ1) is 15.2. The highest BCUT2D eigenvalue weighted by Gasteiger charge is 2.24. The Morgan fingerprint density at radius 2 is 1.66 bits per heavy atom. The Morgan fingerprint density at radius 1 is 0.938 bits per heavy atom. The van der Waals surface area contributed by atoms with Crippen LogP contribution in [0.2, 0.25) is 0 Å². The fourth-order valence-electron chi connectivity index (χ4n) is 3.50. The molecule has 0 saturated carbocycles. The van der Waals surface area contributed by atoms with Gasteiger partial charge in [-0.15, -0.1) is 0 Å². The molecule has 0 atom stereocenters. The number of imide groups is 1. The lowest BCUT2D eigenvalue weighted by atomic mass is 9.83. The molecule has 0 radical (unpaired) electrons. The molecule has 0 bridgehead atoms. The monoisotopic (exact) mass is 432 g/mol. The van der Waals surface area contributed by atoms with Crippen LogP contribution >= 0.6 is 0 Å². The van der Waals surface area contributed by atoms with Crippen molar-refractivity contribution in [1.29, 1.82) is 0 Å². The smallest absolute Gasteiger partial charge is 0.326 e. The zero-order chi connectivity index (χ0) is 23.3. The average Bonchev–Trinajstić information content (AvgIpc) is 2.76. The summed E-state index contributed by atoms with van der Waals surface area (Å²) in [6.45, 7) is 6.24. The molecule has 3 aromatic carbocycles. The molecule has 0 aliphatic rings. The molecule has 0 aliphatic heterocycles. The van der Waals surface area contributed by atoms with Gasteiger partial charge in [0, 0.05) is 22.9 Å². The summed E-state index contributed by atoms with van der Waals surface area (Å²) in [5.74, 6) is 0.168. The molecule has 2 N–H and O–H groups in total. The van der Waals surface area contributed by atoms with Crippen molar-refractivity contribution in [3.05, 3.63) is 72.5 Å². The molecule has 6 heteroatoms. The number of urea groups is 1. The summed E-state index contributed by atoms with van der Waals surface area (Å²) in [7, 11) is 3.07. The second-order valence-corrected chi connectivity index (χ2v) is 8.40. The normalized spacial score (nSPS) is 11.4. The van der Waals surface area contributed by atoms with Gasteiger partial charge in [0.25, 0.3) is 5.91 Å². The largest absolute Gasteiger partial charge is 0.504 e. The number of nitrogens with one attached hydrogen (secondary N) is 2. The Bertz CT molecular complexity index is 1180. The van der Waals surface area contributed by atoms with Crippen LogP contribution in [0, 0.1) is 0 Å². The van der Waals surface area contributed by atoms with E-state index in [-0.39, 0.29) is 5.41 Å². The van der Waals surface area contributed by atoms with Crippen LogP contribution < -0.4 is 15.4 Å². The second kappa shape index (κ2) is 9.56. The predicted octanol–water partition coefficient (Wildman–Crippen LogP) is 5.62. The van der Waals surface area contributed by atoms with Crippen LogP contribution in [0.15, 0.2) is 66.9 Å². The van der Waals surface area contributed by atoms with E-state index in [0.29, 0.717) is 5.69 Å². The number of methoxy groups -OCH3 is 2. The number of carbonyl (C=O) groups excluding carboxylic acids is 2. The maximum absolute atomic E-state index is 12.4. The molecule has 3 amide bonds. The Morgan fingerprint density at radius 3 is 2.31 bits per heavy atom. The Balaban J connectivity index is 2.06. The maximum Gasteiger partial charge on any atom is 0.326 e. The van der Waals surface area contributed by atoms with Crippen molar-refractivity contribution in [3.63, 3.8) is 0 Å². The van der Waals surface area contributed by atoms with Crippen LogP contribution in [0.4, 0.5) is 10.5 Å². The van der Waals surface area contributed by atoms with Crippen molar-refractivity contribution in [2.45, 2.75) is 26.2 Å². The van der Waals surface area contributed by atoms with E-state index in [2.05, 4.69) is 55.7 Å². The molecule has 0 fully saturated rings. The van der Waals surface area contributed by atoms with Crippen LogP contribution in [0.5, 0.6) is 5.75 Å². The molecular weight excluding hydrogens is 404 g/mol. The van der Waals surface area contributed by atoms with Crippen LogP contribution in [-0.4, -0.2) is 26.2 Å². The third-order valence-corrected chi connectivity index (χ3v) is 5.01. The molecule has 0 aliphatic carbocycles. The number of rotatable bonds is 5. The highest BCUT2D eigenvalue weighted by atomic mass is 16.5. The molecule has 0 heterocycles. The van der Waals surface area contributed by atoms with Crippen molar-refractivity contribution in [1.82, 2.24) is 5.32 Å². The van der Waals surface area contributed by atoms with E-state index in [0.717, 1.165) is 39.3 Å². The SMILES string of the molecule is CO/C=C/C(=O)NC(=O)Nc1cc(-c2ccc3ccccc3c2)c(OC)c(C(C)(C)C)c1. The van der Waals surface area contributed by atoms with Gasteiger partial charge in [0.15, 0.2) is 0 Å². The molecular formula is C26H28N2O4. The lowest BCUT2D eigenvalue weighted by Crippen LogP contribution is -2.33. The molecule has 0 aromatic heterocycles. The first kappa shape index (κ1) is 22.9. The minimum Gasteiger partial charge on any atom is -0.504 e. The lowest BCUT2D eigenvalue weighted by Gasteiger charge is -2.25. The number of fused-ring (bicyclic) bond motifs is 1. The number of carbonyl (C=O) groups is 2. The molecule has 3 rings (SSSR count). The second-order valence-electron chi connectivity index (χ2n) is 8.40. The van der Waals surface area contributed by atoms with Gasteiger partial charge >= 0.3 is 6.03 Å². The summed E-state index contributed by atoms with van der Waals surface area (Å²) in [5.41, 5.74) is 3.06. The third-order valence-electron chi connectivity index (χ3n) is 5.01. The van der Waals surface area contributed by atoms with Crippen LogP contribution in [0.3, 0.4) is 0 Å². The number of hydrogen-bond acceptors (Lipinski definition) is 4. The van der Waals surface area contributed by atoms with E-state index in [1.165, 1.54) is 13.4 Å². The lowest BCUT2D eigenvalue weighted by molar-refractivity contribution is -0.115. The van der Waals surface area contributed by atoms with Gasteiger partial charge in [-0.05, 0) is 39.9 Å². The first-order valence-corrected chi connectivity index (χ1v) is 10.3. The van der Waals surface area contributed by atoms with E-state index >= 15 is 0 Å². The van der Waals surface area contributed by atoms with E-state index < -0.39 is 11.9 Å². The van der Waals surface area contributed by atoms with Crippen molar-refractivity contribution >= 4 is 28.4 Å². The van der Waals surface area contributed by atoms with E-state index in [1.807, 2.05) is 30.3 Å². The summed E-state index contributed by atoms with van der Waals surface area (Å²) in [4.78, 5) is 24.2. The molecule has 0 spiro atoms. The summed E-state index contributed by atoms with van der Waals surface area (Å²) in [5, 5.41) is 7.25. The number of benzene rings is 3. The number of hydrogen-bond donors (Lipinski definition) is 2. The van der Waals surface area contributed by atoms with Gasteiger partial charge < -0.3 is 14.8 Å². The van der Waals surface area contributed by atoms with Gasteiger partial charge in [0.1, 0.15) is 5.75 Å². The number of amides is 3. The molecule has 0 unspecified atom stereocenters. The maximum atomic E-state index is 12.4. The van der Waals surface area contributed by atoms with Crippen molar-refractivity contribution in [2.75, 3.05) is 19.5 Å². The minimum absolute atomic E-state index is 0.248. The quantitative estimate of drug-likeness (QED) is 0.405. The van der Waals surface area contributed by atoms with Crippen LogP contribution in [-0.2, 0) is 14.9 Å². The topological polar surface area (TPSA) is 76.7 Å². The summed E-state index contributed by atoms with van der Waals surface area (Å²) >= 11 is 0. The van der Waals surface area contributed by atoms with Gasteiger partial charge in [-0.1, -0.05) is 57.2 Å². The van der Waals surface area contributed by atoms with E-state index in [9.17, 15) is 9.59 Å². The Kier molecular flexibility index (Phi) is 6.83. The van der Waals surface area contributed by atoms with Gasteiger partial charge in [0.2, 0.25) is 0 Å². The standard InChI is InChI=1S/C26H28N2O4/c1-26(2,3)22-16-20(27-25(30)28-23(29)12-13-31-4)15-21(24(22)32-5)19-11-10-17-8-6-7-9-18(17)14-19/h6-16H,1-5H3,(H2,27,28,29,30)/b13-12+. The number of anilines is 1. The molecule has 3 aromatic rings. The van der Waals surface area contributed by atoms with Crippen LogP contribution in [0.1, 0.15) is 26.3 Å². The van der Waals surface area contributed by atoms with Gasteiger partial charge in [0.05, 0.1) is 20.5 Å². The molecule has 32 heavy (non-hydrogen) atoms. The Hall–Kier alpha value is -3.80. The fourth-order valence-corrected chi connectivity index (χ4v) is 3.50. The van der Waals surface area contributed by atoms with Gasteiger partial charge in [-0.3, -0.25) is 10.1 Å². The highest BCUT2D eigenvalue weighted by molar-refractivity contribution is 6.05. The average molecular weight is 433 g/mol. The highest BCUT2D eigenvalue weighted by Crippen LogP contribution is 2.42. The van der Waals surface area contributed by atoms with Crippen molar-refractivity contribution in [2.24, 2.45) is 0 Å². The molecule has 6 nitrogen and oxygen atoms in total. The van der Waals surface area contributed by atoms with E-state index in [4.69, 9.17) is 9.47 Å². The predicted molar refractivity (Wildman–Crippen MR) is 128 cm³/mol. The van der Waals surface area contributed by atoms with Gasteiger partial charge in [-0.25, -0.2) is 4.79 Å². The summed E-state index contributed by atoms with van der Waals surface area (Å²) in [6.07, 6.45) is 2.33. The number of ether oxygens (including phenoxy) is 2. The molecule has 0 saturated heterocycles. The van der Waals surface area contributed by atoms with Crippen molar-refractivity contribution in [3.8, 4) is 16.9 Å². The summed E-state index contributed by atoms with van der Waals surface area (Å²) < 4.78 is 10.5. The Labute approximate surface area is 188 Å². The van der Waals surface area contributed by atoms with Crippen LogP contribution in [0.25, 0.3) is 21.9 Å².